The Bertz CT molecular complexity index is 1090. The van der Waals surface area contributed by atoms with Crippen LogP contribution in [0.2, 0.25) is 0 Å². The van der Waals surface area contributed by atoms with E-state index in [0.717, 1.165) is 23.3 Å². The van der Waals surface area contributed by atoms with Gasteiger partial charge < -0.3 is 14.8 Å². The lowest BCUT2D eigenvalue weighted by atomic mass is 9.82. The molecule has 0 bridgehead atoms. The van der Waals surface area contributed by atoms with E-state index >= 15 is 0 Å². The maximum atomic E-state index is 12.6. The van der Waals surface area contributed by atoms with Gasteiger partial charge in [-0.2, -0.15) is 0 Å². The van der Waals surface area contributed by atoms with Gasteiger partial charge in [-0.25, -0.2) is 4.79 Å². The quantitative estimate of drug-likeness (QED) is 0.236. The molecule has 0 aliphatic rings. The number of hydrogen-bond donors (Lipinski definition) is 1. The van der Waals surface area contributed by atoms with Crippen molar-refractivity contribution in [3.05, 3.63) is 71.1 Å². The fraction of sp³-hybridized carbons (Fsp3) is 0.357. The Morgan fingerprint density at radius 2 is 1.71 bits per heavy atom. The average Bonchev–Trinajstić information content (AvgIpc) is 3.26. The van der Waals surface area contributed by atoms with Crippen LogP contribution in [0.5, 0.6) is 5.75 Å². The highest BCUT2D eigenvalue weighted by Gasteiger charge is 2.22. The molecule has 1 amide bonds. The molecule has 0 atom stereocenters. The smallest absolute Gasteiger partial charge is 0.341 e. The van der Waals surface area contributed by atoms with Gasteiger partial charge in [0.15, 0.2) is 0 Å². The van der Waals surface area contributed by atoms with Crippen molar-refractivity contribution in [2.75, 3.05) is 18.5 Å². The molecule has 0 unspecified atom stereocenters. The first kappa shape index (κ1) is 25.5. The predicted molar refractivity (Wildman–Crippen MR) is 139 cm³/mol. The topological polar surface area (TPSA) is 64.6 Å². The maximum absolute atomic E-state index is 12.6. The zero-order valence-electron chi connectivity index (χ0n) is 20.4. The minimum absolute atomic E-state index is 0.140. The molecular weight excluding hydrogens is 446 g/mol. The zero-order valence-corrected chi connectivity index (χ0v) is 21.2. The molecule has 0 aliphatic carbocycles. The van der Waals surface area contributed by atoms with Gasteiger partial charge in [-0.15, -0.1) is 11.3 Å². The van der Waals surface area contributed by atoms with E-state index in [0.29, 0.717) is 30.0 Å². The minimum Gasteiger partial charge on any atom is -0.494 e. The van der Waals surface area contributed by atoms with Crippen molar-refractivity contribution < 1.29 is 19.1 Å². The SMILES string of the molecule is CCOC(=O)c1c(-c2ccccc2)csc1NC(=O)CCCOc1ccc(C(C)(C)CC)cc1. The van der Waals surface area contributed by atoms with Crippen LogP contribution in [-0.4, -0.2) is 25.1 Å². The van der Waals surface area contributed by atoms with Gasteiger partial charge in [-0.05, 0) is 48.4 Å². The van der Waals surface area contributed by atoms with E-state index in [2.05, 4.69) is 38.2 Å². The van der Waals surface area contributed by atoms with Crippen LogP contribution in [0.25, 0.3) is 11.1 Å². The fourth-order valence-corrected chi connectivity index (χ4v) is 4.48. The van der Waals surface area contributed by atoms with Crippen molar-refractivity contribution in [2.24, 2.45) is 0 Å². The number of ether oxygens (including phenoxy) is 2. The summed E-state index contributed by atoms with van der Waals surface area (Å²) < 4.78 is 11.1. The van der Waals surface area contributed by atoms with Crippen LogP contribution in [0, 0.1) is 0 Å². The first-order chi connectivity index (χ1) is 16.4. The molecule has 6 heteroatoms. The monoisotopic (exact) mass is 479 g/mol. The number of nitrogens with one attached hydrogen (secondary N) is 1. The van der Waals surface area contributed by atoms with Gasteiger partial charge in [0.2, 0.25) is 5.91 Å². The summed E-state index contributed by atoms with van der Waals surface area (Å²) in [5.41, 5.74) is 3.49. The molecular formula is C28H33NO4S. The fourth-order valence-electron chi connectivity index (χ4n) is 3.50. The van der Waals surface area contributed by atoms with Gasteiger partial charge in [-0.1, -0.05) is 63.2 Å². The number of rotatable bonds is 11. The molecule has 180 valence electrons. The Labute approximate surface area is 206 Å². The molecule has 5 nitrogen and oxygen atoms in total. The highest BCUT2D eigenvalue weighted by atomic mass is 32.1. The van der Waals surface area contributed by atoms with Crippen LogP contribution in [0.3, 0.4) is 0 Å². The van der Waals surface area contributed by atoms with Gasteiger partial charge >= 0.3 is 5.97 Å². The third kappa shape index (κ3) is 6.48. The summed E-state index contributed by atoms with van der Waals surface area (Å²) in [4.78, 5) is 25.2. The standard InChI is InChI=1S/C28H33NO4S/c1-5-28(3,4)21-14-16-22(17-15-21)33-18-10-13-24(30)29-26-25(27(31)32-6-2)23(19-34-26)20-11-8-7-9-12-20/h7-9,11-12,14-17,19H,5-6,10,13,18H2,1-4H3,(H,29,30). The molecule has 1 heterocycles. The van der Waals surface area contributed by atoms with Gasteiger partial charge in [0.25, 0.3) is 0 Å². The average molecular weight is 480 g/mol. The number of thiophene rings is 1. The van der Waals surface area contributed by atoms with Crippen molar-refractivity contribution in [2.45, 2.75) is 52.4 Å². The molecule has 0 saturated carbocycles. The highest BCUT2D eigenvalue weighted by Crippen LogP contribution is 2.36. The molecule has 0 spiro atoms. The van der Waals surface area contributed by atoms with Gasteiger partial charge in [0, 0.05) is 17.4 Å². The van der Waals surface area contributed by atoms with E-state index in [9.17, 15) is 9.59 Å². The molecule has 0 radical (unpaired) electrons. The second kappa shape index (κ2) is 11.8. The largest absolute Gasteiger partial charge is 0.494 e. The Balaban J connectivity index is 1.57. The third-order valence-electron chi connectivity index (χ3n) is 5.94. The molecule has 0 saturated heterocycles. The number of hydrogen-bond acceptors (Lipinski definition) is 5. The molecule has 0 aliphatic heterocycles. The normalized spacial score (nSPS) is 11.2. The van der Waals surface area contributed by atoms with Gasteiger partial charge in [0.05, 0.1) is 13.2 Å². The van der Waals surface area contributed by atoms with Crippen molar-refractivity contribution >= 4 is 28.2 Å². The van der Waals surface area contributed by atoms with Crippen molar-refractivity contribution in [1.82, 2.24) is 0 Å². The van der Waals surface area contributed by atoms with Crippen LogP contribution in [0.4, 0.5) is 5.00 Å². The van der Waals surface area contributed by atoms with E-state index in [4.69, 9.17) is 9.47 Å². The second-order valence-electron chi connectivity index (χ2n) is 8.70. The lowest BCUT2D eigenvalue weighted by molar-refractivity contribution is -0.116. The number of carbonyl (C=O) groups excluding carboxylic acids is 2. The van der Waals surface area contributed by atoms with E-state index < -0.39 is 5.97 Å². The van der Waals surface area contributed by atoms with Crippen LogP contribution < -0.4 is 10.1 Å². The molecule has 3 aromatic rings. The van der Waals surface area contributed by atoms with Crippen LogP contribution >= 0.6 is 11.3 Å². The lowest BCUT2D eigenvalue weighted by Crippen LogP contribution is -2.15. The summed E-state index contributed by atoms with van der Waals surface area (Å²) in [5.74, 6) is 0.206. The molecule has 0 fully saturated rings. The summed E-state index contributed by atoms with van der Waals surface area (Å²) >= 11 is 1.33. The molecule has 1 N–H and O–H groups in total. The lowest BCUT2D eigenvalue weighted by Gasteiger charge is -2.23. The molecule has 2 aromatic carbocycles. The van der Waals surface area contributed by atoms with Crippen molar-refractivity contribution in [1.29, 1.82) is 0 Å². The summed E-state index contributed by atoms with van der Waals surface area (Å²) in [6.07, 6.45) is 1.93. The van der Waals surface area contributed by atoms with E-state index in [-0.39, 0.29) is 17.9 Å². The van der Waals surface area contributed by atoms with Gasteiger partial charge in [-0.3, -0.25) is 4.79 Å². The van der Waals surface area contributed by atoms with Gasteiger partial charge in [0.1, 0.15) is 16.3 Å². The maximum Gasteiger partial charge on any atom is 0.341 e. The Morgan fingerprint density at radius 3 is 2.35 bits per heavy atom. The first-order valence-electron chi connectivity index (χ1n) is 11.7. The first-order valence-corrected chi connectivity index (χ1v) is 12.6. The Hall–Kier alpha value is -3.12. The van der Waals surface area contributed by atoms with E-state index in [1.807, 2.05) is 47.8 Å². The summed E-state index contributed by atoms with van der Waals surface area (Å²) in [6, 6.07) is 17.8. The van der Waals surface area contributed by atoms with Crippen molar-refractivity contribution in [3.8, 4) is 16.9 Å². The number of benzene rings is 2. The van der Waals surface area contributed by atoms with Crippen LogP contribution in [0.15, 0.2) is 60.0 Å². The second-order valence-corrected chi connectivity index (χ2v) is 9.58. The number of anilines is 1. The molecule has 1 aromatic heterocycles. The minimum atomic E-state index is -0.434. The number of amides is 1. The number of carbonyl (C=O) groups is 2. The third-order valence-corrected chi connectivity index (χ3v) is 6.84. The van der Waals surface area contributed by atoms with E-state index in [1.165, 1.54) is 16.9 Å². The molecule has 34 heavy (non-hydrogen) atoms. The number of esters is 1. The summed E-state index contributed by atoms with van der Waals surface area (Å²) in [5, 5.41) is 5.28. The summed E-state index contributed by atoms with van der Waals surface area (Å²) in [6.45, 7) is 9.11. The Morgan fingerprint density at radius 1 is 1.00 bits per heavy atom. The highest BCUT2D eigenvalue weighted by molar-refractivity contribution is 7.15. The molecule has 3 rings (SSSR count). The summed E-state index contributed by atoms with van der Waals surface area (Å²) in [7, 11) is 0. The van der Waals surface area contributed by atoms with Crippen molar-refractivity contribution in [3.63, 3.8) is 0 Å². The predicted octanol–water partition coefficient (Wildman–Crippen LogP) is 7.08. The van der Waals surface area contributed by atoms with Crippen LogP contribution in [0.1, 0.15) is 62.9 Å². The zero-order chi connectivity index (χ0) is 24.6. The van der Waals surface area contributed by atoms with Crippen LogP contribution in [-0.2, 0) is 14.9 Å². The van der Waals surface area contributed by atoms with E-state index in [1.54, 1.807) is 6.92 Å². The Kier molecular flexibility index (Phi) is 8.88.